The Bertz CT molecular complexity index is 499. The Morgan fingerprint density at radius 2 is 1.74 bits per heavy atom. The van der Waals surface area contributed by atoms with Crippen molar-refractivity contribution in [2.75, 3.05) is 5.32 Å². The Hall–Kier alpha value is -1.50. The highest BCUT2D eigenvalue weighted by Crippen LogP contribution is 2.24. The summed E-state index contributed by atoms with van der Waals surface area (Å²) in [5, 5.41) is 6.30. The molecule has 2 aromatic rings. The molecule has 2 aromatic carbocycles. The van der Waals surface area contributed by atoms with Crippen LogP contribution in [0, 0.1) is 0 Å². The number of hydrogen-bond donors (Lipinski definition) is 1. The fraction of sp³-hybridized carbons (Fsp3) is 0.444. The molecule has 1 atom stereocenters. The van der Waals surface area contributed by atoms with Gasteiger partial charge in [-0.1, -0.05) is 69.0 Å². The van der Waals surface area contributed by atoms with Crippen LogP contribution >= 0.6 is 0 Å². The third-order valence-electron chi connectivity index (χ3n) is 3.68. The smallest absolute Gasteiger partial charge is 0.0421 e. The second kappa shape index (κ2) is 7.18. The van der Waals surface area contributed by atoms with Gasteiger partial charge in [0, 0.05) is 17.1 Å². The summed E-state index contributed by atoms with van der Waals surface area (Å²) in [6, 6.07) is 15.6. The number of benzene rings is 2. The van der Waals surface area contributed by atoms with Crippen molar-refractivity contribution in [3.05, 3.63) is 42.5 Å². The van der Waals surface area contributed by atoms with Crippen LogP contribution in [0.25, 0.3) is 10.8 Å². The molecule has 0 aliphatic rings. The minimum atomic E-state index is 0.544. The van der Waals surface area contributed by atoms with Crippen LogP contribution in [0.2, 0.25) is 0 Å². The number of rotatable bonds is 7. The first-order chi connectivity index (χ1) is 9.31. The van der Waals surface area contributed by atoms with Crippen molar-refractivity contribution in [1.82, 2.24) is 0 Å². The molecule has 1 heteroatoms. The van der Waals surface area contributed by atoms with Crippen LogP contribution in [0.5, 0.6) is 0 Å². The lowest BCUT2D eigenvalue weighted by molar-refractivity contribution is 0.594. The molecule has 0 bridgehead atoms. The molecule has 0 heterocycles. The average molecular weight is 255 g/mol. The first-order valence-corrected chi connectivity index (χ1v) is 7.55. The molecular formula is C18H25N. The topological polar surface area (TPSA) is 12.0 Å². The molecule has 0 amide bonds. The number of unbranched alkanes of at least 4 members (excludes halogenated alkanes) is 3. The second-order valence-corrected chi connectivity index (χ2v) is 5.42. The number of anilines is 1. The molecule has 1 nitrogen and oxygen atoms in total. The van der Waals surface area contributed by atoms with Crippen LogP contribution in [0.3, 0.4) is 0 Å². The maximum Gasteiger partial charge on any atom is 0.0421 e. The van der Waals surface area contributed by atoms with E-state index in [2.05, 4.69) is 61.6 Å². The van der Waals surface area contributed by atoms with Crippen LogP contribution in [-0.4, -0.2) is 6.04 Å². The lowest BCUT2D eigenvalue weighted by Crippen LogP contribution is -2.15. The first-order valence-electron chi connectivity index (χ1n) is 7.55. The normalized spacial score (nSPS) is 12.5. The van der Waals surface area contributed by atoms with Gasteiger partial charge in [0.1, 0.15) is 0 Å². The Morgan fingerprint density at radius 1 is 0.947 bits per heavy atom. The monoisotopic (exact) mass is 255 g/mol. The average Bonchev–Trinajstić information content (AvgIpc) is 2.44. The van der Waals surface area contributed by atoms with Crippen molar-refractivity contribution in [1.29, 1.82) is 0 Å². The maximum absolute atomic E-state index is 3.66. The van der Waals surface area contributed by atoms with E-state index in [-0.39, 0.29) is 0 Å². The van der Waals surface area contributed by atoms with Gasteiger partial charge in [-0.05, 0) is 24.8 Å². The van der Waals surface area contributed by atoms with E-state index in [1.165, 1.54) is 48.6 Å². The summed E-state index contributed by atoms with van der Waals surface area (Å²) in [6.45, 7) is 4.55. The lowest BCUT2D eigenvalue weighted by Gasteiger charge is -2.17. The molecule has 19 heavy (non-hydrogen) atoms. The zero-order chi connectivity index (χ0) is 13.5. The number of nitrogens with one attached hydrogen (secondary N) is 1. The van der Waals surface area contributed by atoms with E-state index in [4.69, 9.17) is 0 Å². The van der Waals surface area contributed by atoms with Crippen LogP contribution in [-0.2, 0) is 0 Å². The fourth-order valence-electron chi connectivity index (χ4n) is 2.57. The van der Waals surface area contributed by atoms with Crippen LogP contribution in [0.1, 0.15) is 46.0 Å². The number of hydrogen-bond acceptors (Lipinski definition) is 1. The molecule has 0 aliphatic heterocycles. The van der Waals surface area contributed by atoms with Gasteiger partial charge in [0.05, 0.1) is 0 Å². The van der Waals surface area contributed by atoms with Crippen LogP contribution < -0.4 is 5.32 Å². The third-order valence-corrected chi connectivity index (χ3v) is 3.68. The van der Waals surface area contributed by atoms with Gasteiger partial charge in [0.2, 0.25) is 0 Å². The molecule has 0 saturated heterocycles. The van der Waals surface area contributed by atoms with Crippen LogP contribution in [0.4, 0.5) is 5.69 Å². The lowest BCUT2D eigenvalue weighted by atomic mass is 10.1. The zero-order valence-corrected chi connectivity index (χ0v) is 12.2. The van der Waals surface area contributed by atoms with E-state index in [9.17, 15) is 0 Å². The molecule has 1 unspecified atom stereocenters. The highest BCUT2D eigenvalue weighted by Gasteiger charge is 2.04. The predicted octanol–water partition coefficient (Wildman–Crippen LogP) is 5.61. The van der Waals surface area contributed by atoms with Crippen molar-refractivity contribution < 1.29 is 0 Å². The summed E-state index contributed by atoms with van der Waals surface area (Å²) in [7, 11) is 0. The molecule has 0 saturated carbocycles. The Morgan fingerprint density at radius 3 is 2.58 bits per heavy atom. The van der Waals surface area contributed by atoms with E-state index in [0.29, 0.717) is 6.04 Å². The van der Waals surface area contributed by atoms with Gasteiger partial charge in [-0.2, -0.15) is 0 Å². The molecule has 1 N–H and O–H groups in total. The highest BCUT2D eigenvalue weighted by atomic mass is 14.9. The molecule has 0 fully saturated rings. The van der Waals surface area contributed by atoms with E-state index >= 15 is 0 Å². The van der Waals surface area contributed by atoms with Gasteiger partial charge in [0.25, 0.3) is 0 Å². The van der Waals surface area contributed by atoms with Gasteiger partial charge >= 0.3 is 0 Å². The van der Waals surface area contributed by atoms with Crippen molar-refractivity contribution in [2.45, 2.75) is 52.0 Å². The van der Waals surface area contributed by atoms with Crippen molar-refractivity contribution in [3.63, 3.8) is 0 Å². The molecule has 2 rings (SSSR count). The van der Waals surface area contributed by atoms with E-state index in [1.54, 1.807) is 0 Å². The van der Waals surface area contributed by atoms with Gasteiger partial charge in [-0.3, -0.25) is 0 Å². The fourth-order valence-corrected chi connectivity index (χ4v) is 2.57. The minimum Gasteiger partial charge on any atom is -0.382 e. The van der Waals surface area contributed by atoms with Gasteiger partial charge < -0.3 is 5.32 Å². The first kappa shape index (κ1) is 13.9. The molecular weight excluding hydrogens is 230 g/mol. The Balaban J connectivity index is 1.97. The molecule has 0 aromatic heterocycles. The summed E-state index contributed by atoms with van der Waals surface area (Å²) >= 11 is 0. The van der Waals surface area contributed by atoms with E-state index in [0.717, 1.165) is 0 Å². The summed E-state index contributed by atoms with van der Waals surface area (Å²) < 4.78 is 0. The number of fused-ring (bicyclic) bond motifs is 1. The zero-order valence-electron chi connectivity index (χ0n) is 12.2. The van der Waals surface area contributed by atoms with Gasteiger partial charge in [0.15, 0.2) is 0 Å². The highest BCUT2D eigenvalue weighted by molar-refractivity contribution is 5.93. The summed E-state index contributed by atoms with van der Waals surface area (Å²) in [5.41, 5.74) is 1.26. The molecule has 102 valence electrons. The molecule has 0 radical (unpaired) electrons. The molecule has 0 spiro atoms. The SMILES string of the molecule is CCCCCCC(C)Nc1cccc2ccccc12. The van der Waals surface area contributed by atoms with Crippen molar-refractivity contribution >= 4 is 16.5 Å². The quantitative estimate of drug-likeness (QED) is 0.634. The third kappa shape index (κ3) is 3.99. The van der Waals surface area contributed by atoms with Gasteiger partial charge in [-0.15, -0.1) is 0 Å². The maximum atomic E-state index is 3.66. The Labute approximate surface area is 117 Å². The minimum absolute atomic E-state index is 0.544. The van der Waals surface area contributed by atoms with Gasteiger partial charge in [-0.25, -0.2) is 0 Å². The molecule has 0 aliphatic carbocycles. The Kier molecular flexibility index (Phi) is 5.26. The summed E-state index contributed by atoms with van der Waals surface area (Å²) in [5.74, 6) is 0. The van der Waals surface area contributed by atoms with E-state index in [1.807, 2.05) is 0 Å². The van der Waals surface area contributed by atoms with Crippen LogP contribution in [0.15, 0.2) is 42.5 Å². The second-order valence-electron chi connectivity index (χ2n) is 5.42. The summed E-state index contributed by atoms with van der Waals surface area (Å²) in [4.78, 5) is 0. The predicted molar refractivity (Wildman–Crippen MR) is 85.8 cm³/mol. The van der Waals surface area contributed by atoms with Crippen molar-refractivity contribution in [2.24, 2.45) is 0 Å². The largest absolute Gasteiger partial charge is 0.382 e. The standard InChI is InChI=1S/C18H25N/c1-3-4-5-6-10-15(2)19-18-14-9-12-16-11-7-8-13-17(16)18/h7-9,11-15,19H,3-6,10H2,1-2H3. The summed E-state index contributed by atoms with van der Waals surface area (Å²) in [6.07, 6.45) is 6.61. The van der Waals surface area contributed by atoms with E-state index < -0.39 is 0 Å². The van der Waals surface area contributed by atoms with Crippen molar-refractivity contribution in [3.8, 4) is 0 Å².